The van der Waals surface area contributed by atoms with Gasteiger partial charge in [-0.1, -0.05) is 13.8 Å². The van der Waals surface area contributed by atoms with Crippen LogP contribution in [0.4, 0.5) is 0 Å². The van der Waals surface area contributed by atoms with Crippen molar-refractivity contribution in [2.75, 3.05) is 6.61 Å². The van der Waals surface area contributed by atoms with Crippen LogP contribution in [-0.2, 0) is 4.89 Å². The zero-order chi connectivity index (χ0) is 8.77. The molecule has 0 radical (unpaired) electrons. The molecule has 2 heteroatoms. The highest BCUT2D eigenvalue weighted by atomic mass is 17.1. The molecule has 0 saturated heterocycles. The fourth-order valence-corrected chi connectivity index (χ4v) is 3.26. The first-order valence-electron chi connectivity index (χ1n) is 4.92. The molecule has 2 bridgehead atoms. The second kappa shape index (κ2) is 2.71. The summed E-state index contributed by atoms with van der Waals surface area (Å²) in [5, 5.41) is 8.42. The molecule has 70 valence electrons. The molecule has 3 saturated carbocycles. The van der Waals surface area contributed by atoms with Gasteiger partial charge in [-0.3, -0.25) is 5.26 Å². The van der Waals surface area contributed by atoms with E-state index >= 15 is 0 Å². The summed E-state index contributed by atoms with van der Waals surface area (Å²) in [4.78, 5) is 4.27. The van der Waals surface area contributed by atoms with E-state index in [2.05, 4.69) is 18.7 Å². The Kier molecular flexibility index (Phi) is 1.92. The largest absolute Gasteiger partial charge is 0.252 e. The topological polar surface area (TPSA) is 29.5 Å². The van der Waals surface area contributed by atoms with Gasteiger partial charge in [-0.05, 0) is 42.4 Å². The van der Waals surface area contributed by atoms with Gasteiger partial charge in [-0.15, -0.1) is 0 Å². The van der Waals surface area contributed by atoms with Gasteiger partial charge < -0.3 is 0 Å². The van der Waals surface area contributed by atoms with Crippen molar-refractivity contribution in [3.05, 3.63) is 0 Å². The Labute approximate surface area is 73.8 Å². The van der Waals surface area contributed by atoms with Crippen LogP contribution in [-0.4, -0.2) is 11.9 Å². The van der Waals surface area contributed by atoms with Crippen molar-refractivity contribution in [3.8, 4) is 0 Å². The third-order valence-corrected chi connectivity index (χ3v) is 4.29. The molecule has 3 aliphatic rings. The lowest BCUT2D eigenvalue weighted by Crippen LogP contribution is -2.53. The predicted molar refractivity (Wildman–Crippen MR) is 46.7 cm³/mol. The standard InChI is InChI=1S/C10H18O2/c1-10(2)8-4-3-7(6-12-11)9(10)5-8/h7-9,11H,3-6H2,1-2H3. The Morgan fingerprint density at radius 2 is 2.17 bits per heavy atom. The third-order valence-electron chi connectivity index (χ3n) is 4.29. The number of hydrogen-bond acceptors (Lipinski definition) is 2. The van der Waals surface area contributed by atoms with Gasteiger partial charge in [0.05, 0.1) is 6.61 Å². The fourth-order valence-electron chi connectivity index (χ4n) is 3.26. The smallest absolute Gasteiger partial charge is 0.0850 e. The zero-order valence-electron chi connectivity index (χ0n) is 7.92. The Morgan fingerprint density at radius 3 is 2.67 bits per heavy atom. The van der Waals surface area contributed by atoms with Gasteiger partial charge in [0.2, 0.25) is 0 Å². The summed E-state index contributed by atoms with van der Waals surface area (Å²) in [6.07, 6.45) is 3.94. The van der Waals surface area contributed by atoms with E-state index in [9.17, 15) is 0 Å². The average Bonchev–Trinajstić information content (AvgIpc) is 2.05. The monoisotopic (exact) mass is 170 g/mol. The minimum atomic E-state index is 0.515. The van der Waals surface area contributed by atoms with Crippen LogP contribution in [0.2, 0.25) is 0 Å². The molecule has 0 aromatic rings. The highest BCUT2D eigenvalue weighted by molar-refractivity contribution is 5.02. The maximum absolute atomic E-state index is 8.42. The molecule has 3 atom stereocenters. The van der Waals surface area contributed by atoms with Crippen LogP contribution in [0.3, 0.4) is 0 Å². The van der Waals surface area contributed by atoms with Crippen LogP contribution in [0.15, 0.2) is 0 Å². The third kappa shape index (κ3) is 1.01. The van der Waals surface area contributed by atoms with Gasteiger partial charge in [-0.2, -0.15) is 0 Å². The summed E-state index contributed by atoms with van der Waals surface area (Å²) < 4.78 is 0. The lowest BCUT2D eigenvalue weighted by molar-refractivity contribution is -0.268. The Hall–Kier alpha value is -0.0800. The molecule has 3 rings (SSSR count). The first kappa shape index (κ1) is 8.52. The molecule has 0 aromatic carbocycles. The number of hydrogen-bond donors (Lipinski definition) is 1. The molecule has 0 amide bonds. The van der Waals surface area contributed by atoms with Crippen molar-refractivity contribution in [1.82, 2.24) is 0 Å². The van der Waals surface area contributed by atoms with E-state index in [1.807, 2.05) is 0 Å². The highest BCUT2D eigenvalue weighted by Crippen LogP contribution is 2.61. The van der Waals surface area contributed by atoms with Crippen LogP contribution in [0.1, 0.15) is 33.1 Å². The van der Waals surface area contributed by atoms with Gasteiger partial charge >= 0.3 is 0 Å². The fraction of sp³-hybridized carbons (Fsp3) is 1.00. The second-order valence-electron chi connectivity index (χ2n) is 4.99. The van der Waals surface area contributed by atoms with Crippen LogP contribution in [0.5, 0.6) is 0 Å². The van der Waals surface area contributed by atoms with E-state index in [1.54, 1.807) is 0 Å². The molecule has 3 aliphatic carbocycles. The SMILES string of the molecule is CC1(C)C2CCC(COO)C1C2. The Balaban J connectivity index is 2.01. The maximum atomic E-state index is 8.42. The van der Waals surface area contributed by atoms with Crippen molar-refractivity contribution in [2.24, 2.45) is 23.2 Å². The molecule has 0 heterocycles. The van der Waals surface area contributed by atoms with Crippen LogP contribution in [0.25, 0.3) is 0 Å². The summed E-state index contributed by atoms with van der Waals surface area (Å²) in [5.74, 6) is 2.34. The molecule has 12 heavy (non-hydrogen) atoms. The summed E-state index contributed by atoms with van der Waals surface area (Å²) in [6.45, 7) is 5.26. The lowest BCUT2D eigenvalue weighted by atomic mass is 9.46. The zero-order valence-corrected chi connectivity index (χ0v) is 7.92. The molecular weight excluding hydrogens is 152 g/mol. The molecule has 1 N–H and O–H groups in total. The number of rotatable bonds is 2. The summed E-state index contributed by atoms with van der Waals surface area (Å²) in [7, 11) is 0. The maximum Gasteiger partial charge on any atom is 0.0850 e. The summed E-state index contributed by atoms with van der Waals surface area (Å²) in [6, 6.07) is 0. The normalized spacial score (nSPS) is 43.8. The molecule has 3 unspecified atom stereocenters. The molecular formula is C10H18O2. The van der Waals surface area contributed by atoms with Crippen molar-refractivity contribution in [3.63, 3.8) is 0 Å². The minimum Gasteiger partial charge on any atom is -0.252 e. The first-order chi connectivity index (χ1) is 5.66. The van der Waals surface area contributed by atoms with Gasteiger partial charge in [0.15, 0.2) is 0 Å². The molecule has 3 fully saturated rings. The highest BCUT2D eigenvalue weighted by Gasteiger charge is 2.54. The van der Waals surface area contributed by atoms with Crippen molar-refractivity contribution in [2.45, 2.75) is 33.1 Å². The molecule has 0 aromatic heterocycles. The van der Waals surface area contributed by atoms with Crippen molar-refractivity contribution in [1.29, 1.82) is 0 Å². The molecule has 0 aliphatic heterocycles. The second-order valence-corrected chi connectivity index (χ2v) is 4.99. The Bertz CT molecular complexity index is 173. The van der Waals surface area contributed by atoms with E-state index in [1.165, 1.54) is 19.3 Å². The van der Waals surface area contributed by atoms with Crippen LogP contribution in [0, 0.1) is 23.2 Å². The van der Waals surface area contributed by atoms with Crippen molar-refractivity contribution >= 4 is 0 Å². The predicted octanol–water partition coefficient (Wildman–Crippen LogP) is 2.55. The van der Waals surface area contributed by atoms with Crippen LogP contribution >= 0.6 is 0 Å². The van der Waals surface area contributed by atoms with E-state index < -0.39 is 0 Å². The molecule has 0 spiro atoms. The minimum absolute atomic E-state index is 0.515. The van der Waals surface area contributed by atoms with Gasteiger partial charge in [0, 0.05) is 0 Å². The van der Waals surface area contributed by atoms with Crippen molar-refractivity contribution < 1.29 is 10.1 Å². The van der Waals surface area contributed by atoms with Gasteiger partial charge in [-0.25, -0.2) is 4.89 Å². The quantitative estimate of drug-likeness (QED) is 0.509. The van der Waals surface area contributed by atoms with E-state index in [4.69, 9.17) is 5.26 Å². The van der Waals surface area contributed by atoms with Crippen LogP contribution < -0.4 is 0 Å². The van der Waals surface area contributed by atoms with E-state index in [0.717, 1.165) is 11.8 Å². The van der Waals surface area contributed by atoms with E-state index in [-0.39, 0.29) is 0 Å². The lowest BCUT2D eigenvalue weighted by Gasteiger charge is -2.59. The first-order valence-corrected chi connectivity index (χ1v) is 4.92. The summed E-state index contributed by atoms with van der Waals surface area (Å²) >= 11 is 0. The van der Waals surface area contributed by atoms with Gasteiger partial charge in [0.25, 0.3) is 0 Å². The van der Waals surface area contributed by atoms with Gasteiger partial charge in [0.1, 0.15) is 0 Å². The van der Waals surface area contributed by atoms with E-state index in [0.29, 0.717) is 17.9 Å². The Morgan fingerprint density at radius 1 is 1.42 bits per heavy atom. The average molecular weight is 170 g/mol. The summed E-state index contributed by atoms with van der Waals surface area (Å²) in [5.41, 5.74) is 0.515. The molecule has 2 nitrogen and oxygen atoms in total. The number of fused-ring (bicyclic) bond motifs is 2.